The SMILES string of the molecule is CCCCCCCCc1cc(/C=C2/SC(=S)N(CC)C2=O)sc1-c1ccc(-c2sc(-c3sc(-c4cc(CCCCCCCC)c(-c5ccc(-c6sc(/C=C7/SC(=S)N(CC)C7=O)cc6CCCCCCCC)s5)s4)c4c3C(=O)N(CC(CC)CCCC)C4=O)cc2CCCCCCCC)s1. The van der Waals surface area contributed by atoms with Crippen molar-refractivity contribution >= 4 is 172 Å². The van der Waals surface area contributed by atoms with Gasteiger partial charge in [-0.05, 0) is 160 Å². The summed E-state index contributed by atoms with van der Waals surface area (Å²) < 4.78 is 1.25. The number of aryl methyl sites for hydroxylation is 4. The topological polar surface area (TPSA) is 78.0 Å². The molecule has 0 aromatic carbocycles. The third kappa shape index (κ3) is 19.7. The number of nitrogens with zero attached hydrogens (tertiary/aromatic N) is 3. The Balaban J connectivity index is 1.06. The number of hydrogen-bond donors (Lipinski definition) is 0. The van der Waals surface area contributed by atoms with E-state index in [2.05, 4.69) is 102 Å². The fourth-order valence-corrected chi connectivity index (χ4v) is 25.7. The summed E-state index contributed by atoms with van der Waals surface area (Å²) in [5, 5.41) is 0. The van der Waals surface area contributed by atoms with Crippen molar-refractivity contribution < 1.29 is 19.2 Å². The molecule has 538 valence electrons. The monoisotopic (exact) mass is 1550 g/mol. The van der Waals surface area contributed by atoms with Crippen molar-refractivity contribution in [1.29, 1.82) is 0 Å². The maximum absolute atomic E-state index is 15.6. The zero-order chi connectivity index (χ0) is 70.7. The van der Waals surface area contributed by atoms with Crippen LogP contribution in [0.1, 0.15) is 288 Å². The average molecular weight is 1550 g/mol. The predicted molar refractivity (Wildman–Crippen MR) is 452 cm³/mol. The molecule has 1 atom stereocenters. The first-order valence-electron chi connectivity index (χ1n) is 38.0. The number of thiocarbonyl (C=S) groups is 2. The summed E-state index contributed by atoms with van der Waals surface area (Å²) in [5.74, 6) is -0.0585. The molecular weight excluding hydrogens is 1440 g/mol. The molecule has 7 aromatic heterocycles. The maximum atomic E-state index is 15.6. The van der Waals surface area contributed by atoms with E-state index in [1.54, 1.807) is 48.7 Å². The number of hydrogen-bond acceptors (Lipinski definition) is 15. The Bertz CT molecular complexity index is 3740. The molecule has 7 aromatic rings. The molecule has 0 radical (unpaired) electrons. The quantitative estimate of drug-likeness (QED) is 0.0162. The summed E-state index contributed by atoms with van der Waals surface area (Å²) >= 11 is 26.7. The molecule has 0 spiro atoms. The summed E-state index contributed by atoms with van der Waals surface area (Å²) in [6, 6.07) is 18.8. The van der Waals surface area contributed by atoms with Crippen molar-refractivity contribution in [2.75, 3.05) is 19.6 Å². The summed E-state index contributed by atoms with van der Waals surface area (Å²) in [5.41, 5.74) is 6.52. The van der Waals surface area contributed by atoms with Gasteiger partial charge >= 0.3 is 0 Å². The van der Waals surface area contributed by atoms with Crippen molar-refractivity contribution in [2.45, 2.75) is 261 Å². The molecule has 100 heavy (non-hydrogen) atoms. The summed E-state index contributed by atoms with van der Waals surface area (Å²) in [6.07, 6.45) is 41.2. The van der Waals surface area contributed by atoms with Crippen LogP contribution in [0.2, 0.25) is 0 Å². The molecule has 10 heterocycles. The van der Waals surface area contributed by atoms with Crippen molar-refractivity contribution in [2.24, 2.45) is 5.92 Å². The normalized spacial score (nSPS) is 15.4. The number of unbranched alkanes of at least 4 members (excludes halogenated alkanes) is 21. The first-order valence-corrected chi connectivity index (χ1v) is 46.2. The molecule has 4 amide bonds. The Labute approximate surface area is 645 Å². The van der Waals surface area contributed by atoms with Gasteiger partial charge in [0.15, 0.2) is 0 Å². The molecule has 0 aliphatic carbocycles. The predicted octanol–water partition coefficient (Wildman–Crippen LogP) is 28.0. The van der Waals surface area contributed by atoms with Crippen LogP contribution in [-0.2, 0) is 35.3 Å². The van der Waals surface area contributed by atoms with Gasteiger partial charge in [-0.1, -0.05) is 237 Å². The van der Waals surface area contributed by atoms with Crippen LogP contribution in [0.3, 0.4) is 0 Å². The van der Waals surface area contributed by atoms with Crippen LogP contribution in [0.15, 0.2) is 58.3 Å². The van der Waals surface area contributed by atoms with E-state index in [-0.39, 0.29) is 29.5 Å². The second-order valence-electron chi connectivity index (χ2n) is 27.3. The Morgan fingerprint density at radius 2 is 0.680 bits per heavy atom. The van der Waals surface area contributed by atoms with Crippen molar-refractivity contribution in [3.05, 3.63) is 101 Å². The molecule has 0 bridgehead atoms. The molecule has 0 saturated carbocycles. The van der Waals surface area contributed by atoms with Crippen LogP contribution in [0.5, 0.6) is 0 Å². The second-order valence-corrected chi connectivity index (χ2v) is 38.1. The van der Waals surface area contributed by atoms with Gasteiger partial charge in [0.2, 0.25) is 0 Å². The number of carbonyl (C=O) groups excluding carboxylic acids is 4. The van der Waals surface area contributed by atoms with Crippen LogP contribution in [-0.4, -0.2) is 66.6 Å². The highest BCUT2D eigenvalue weighted by molar-refractivity contribution is 8.27. The maximum Gasteiger partial charge on any atom is 0.266 e. The van der Waals surface area contributed by atoms with Crippen LogP contribution in [0, 0.1) is 5.92 Å². The number of rotatable bonds is 44. The van der Waals surface area contributed by atoms with Gasteiger partial charge in [-0.15, -0.1) is 79.4 Å². The van der Waals surface area contributed by atoms with Crippen molar-refractivity contribution in [3.63, 3.8) is 0 Å². The minimum Gasteiger partial charge on any atom is -0.293 e. The van der Waals surface area contributed by atoms with Crippen LogP contribution in [0.4, 0.5) is 0 Å². The van der Waals surface area contributed by atoms with Gasteiger partial charge < -0.3 is 0 Å². The Morgan fingerprint density at radius 1 is 0.350 bits per heavy atom. The molecule has 10 rings (SSSR count). The van der Waals surface area contributed by atoms with Crippen LogP contribution in [0.25, 0.3) is 70.7 Å². The number of thioether (sulfide) groups is 2. The lowest BCUT2D eigenvalue weighted by Gasteiger charge is -2.21. The van der Waals surface area contributed by atoms with Gasteiger partial charge in [0.25, 0.3) is 23.6 Å². The number of carbonyl (C=O) groups is 4. The minimum absolute atomic E-state index is 0.00394. The number of thiophene rings is 7. The van der Waals surface area contributed by atoms with E-state index in [1.807, 2.05) is 59.2 Å². The standard InChI is InChI=1S/C82H105N3O4S11/c1-9-17-22-26-30-34-39-55-47-59(51-67-77(86)83(15-7)81(90)98-67)92-71(55)61-43-45-63(94-61)73-57(41-36-32-28-24-19-11-3)49-65(96-73)75-69-70(80(89)85(79(69)88)53-54(14-6)38-21-13-5)76(100-75)66-50-58(42-37-33-29-25-20-12-4)74(97-66)64-46-44-62(95-64)72-56(40-35-31-27-23-18-10-2)48-60(93-72)52-68-78(87)84(16-8)82(91)99-68/h43-52,54H,9-42,53H2,1-8H3/b67-51+,68-52+. The number of amides is 4. The molecule has 2 fully saturated rings. The Morgan fingerprint density at radius 3 is 1.01 bits per heavy atom. The Kier molecular flexibility index (Phi) is 31.3. The molecule has 18 heteroatoms. The molecule has 7 nitrogen and oxygen atoms in total. The first-order chi connectivity index (χ1) is 48.8. The average Bonchev–Trinajstić information content (AvgIpc) is 1.56. The molecule has 2 saturated heterocycles. The third-order valence-corrected chi connectivity index (χ3v) is 31.6. The lowest BCUT2D eigenvalue weighted by molar-refractivity contribution is -0.122. The molecule has 3 aliphatic rings. The molecule has 1 unspecified atom stereocenters. The smallest absolute Gasteiger partial charge is 0.266 e. The molecule has 3 aliphatic heterocycles. The van der Waals surface area contributed by atoms with Gasteiger partial charge in [0.05, 0.1) is 30.7 Å². The summed E-state index contributed by atoms with van der Waals surface area (Å²) in [6.45, 7) is 19.1. The Hall–Kier alpha value is -3.66. The number of imide groups is 1. The summed E-state index contributed by atoms with van der Waals surface area (Å²) in [4.78, 5) is 80.9. The minimum atomic E-state index is -0.141. The van der Waals surface area contributed by atoms with Crippen LogP contribution < -0.4 is 0 Å². The fraction of sp³-hybridized carbons (Fsp3) is 0.537. The lowest BCUT2D eigenvalue weighted by Crippen LogP contribution is -2.34. The zero-order valence-corrected chi connectivity index (χ0v) is 69.5. The lowest BCUT2D eigenvalue weighted by atomic mass is 9.99. The van der Waals surface area contributed by atoms with Gasteiger partial charge in [-0.2, -0.15) is 0 Å². The van der Waals surface area contributed by atoms with Crippen LogP contribution >= 0.6 is 127 Å². The highest BCUT2D eigenvalue weighted by atomic mass is 32.2. The van der Waals surface area contributed by atoms with E-state index < -0.39 is 0 Å². The highest BCUT2D eigenvalue weighted by Crippen LogP contribution is 2.55. The van der Waals surface area contributed by atoms with Gasteiger partial charge in [0, 0.05) is 78.2 Å². The largest absolute Gasteiger partial charge is 0.293 e. The number of likely N-dealkylation sites (N-methyl/N-ethyl adjacent to an activating group) is 2. The van der Waals surface area contributed by atoms with Crippen molar-refractivity contribution in [1.82, 2.24) is 14.7 Å². The van der Waals surface area contributed by atoms with Gasteiger partial charge in [0.1, 0.15) is 8.64 Å². The number of fused-ring (bicyclic) bond motifs is 1. The van der Waals surface area contributed by atoms with E-state index >= 15 is 9.59 Å². The highest BCUT2D eigenvalue weighted by Gasteiger charge is 2.44. The summed E-state index contributed by atoms with van der Waals surface area (Å²) in [7, 11) is 0. The van der Waals surface area contributed by atoms with Gasteiger partial charge in [-0.3, -0.25) is 33.9 Å². The second kappa shape index (κ2) is 39.6. The van der Waals surface area contributed by atoms with E-state index in [0.717, 1.165) is 106 Å². The van der Waals surface area contributed by atoms with Gasteiger partial charge in [-0.25, -0.2) is 0 Å². The van der Waals surface area contributed by atoms with E-state index in [4.69, 9.17) is 24.4 Å². The first kappa shape index (κ1) is 78.9. The third-order valence-electron chi connectivity index (χ3n) is 19.8. The van der Waals surface area contributed by atoms with E-state index in [1.165, 1.54) is 213 Å². The van der Waals surface area contributed by atoms with E-state index in [9.17, 15) is 9.59 Å². The van der Waals surface area contributed by atoms with E-state index in [0.29, 0.717) is 49.2 Å². The van der Waals surface area contributed by atoms with Crippen molar-refractivity contribution in [3.8, 4) is 58.5 Å². The fourth-order valence-electron chi connectivity index (χ4n) is 13.9. The zero-order valence-electron chi connectivity index (χ0n) is 60.6. The molecule has 0 N–H and O–H groups in total. The molecular formula is C82H105N3O4S11.